The third-order valence-corrected chi connectivity index (χ3v) is 5.79. The number of hydrogen-bond donors (Lipinski definition) is 1. The highest BCUT2D eigenvalue weighted by atomic mass is 35.5. The van der Waals surface area contributed by atoms with E-state index in [4.69, 9.17) is 16.3 Å². The second-order valence-electron chi connectivity index (χ2n) is 7.22. The van der Waals surface area contributed by atoms with Crippen molar-refractivity contribution in [2.24, 2.45) is 0 Å². The minimum absolute atomic E-state index is 0.177. The molecule has 0 bridgehead atoms. The van der Waals surface area contributed by atoms with Crippen molar-refractivity contribution in [2.45, 2.75) is 43.9 Å². The molecule has 1 aromatic carbocycles. The average molecular weight is 365 g/mol. The van der Waals surface area contributed by atoms with Crippen LogP contribution in [0.3, 0.4) is 0 Å². The van der Waals surface area contributed by atoms with Gasteiger partial charge in [0.15, 0.2) is 0 Å². The second kappa shape index (κ2) is 9.02. The molecule has 1 N–H and O–H groups in total. The lowest BCUT2D eigenvalue weighted by molar-refractivity contribution is -0.128. The van der Waals surface area contributed by atoms with Crippen LogP contribution in [0.5, 0.6) is 0 Å². The van der Waals surface area contributed by atoms with Crippen molar-refractivity contribution >= 4 is 17.5 Å². The third kappa shape index (κ3) is 4.75. The Morgan fingerprint density at radius 2 is 1.96 bits per heavy atom. The van der Waals surface area contributed by atoms with E-state index in [1.807, 2.05) is 18.2 Å². The van der Waals surface area contributed by atoms with Gasteiger partial charge in [-0.1, -0.05) is 43.0 Å². The highest BCUT2D eigenvalue weighted by Gasteiger charge is 2.40. The maximum absolute atomic E-state index is 13.1. The average Bonchev–Trinajstić information content (AvgIpc) is 2.66. The van der Waals surface area contributed by atoms with Crippen LogP contribution in [0.25, 0.3) is 0 Å². The molecule has 2 fully saturated rings. The molecule has 138 valence electrons. The summed E-state index contributed by atoms with van der Waals surface area (Å²) in [5.74, 6) is 0.177. The van der Waals surface area contributed by atoms with Crippen LogP contribution in [-0.4, -0.2) is 50.2 Å². The molecule has 1 aliphatic carbocycles. The molecule has 1 saturated heterocycles. The van der Waals surface area contributed by atoms with Crippen molar-refractivity contribution < 1.29 is 9.53 Å². The fourth-order valence-corrected chi connectivity index (χ4v) is 4.28. The summed E-state index contributed by atoms with van der Waals surface area (Å²) < 4.78 is 5.37. The fourth-order valence-electron chi connectivity index (χ4n) is 4.09. The molecule has 0 atom stereocenters. The van der Waals surface area contributed by atoms with Crippen molar-refractivity contribution in [1.29, 1.82) is 0 Å². The molecule has 0 radical (unpaired) electrons. The summed E-state index contributed by atoms with van der Waals surface area (Å²) in [6.07, 6.45) is 6.25. The Balaban J connectivity index is 1.58. The Labute approximate surface area is 155 Å². The topological polar surface area (TPSA) is 41.6 Å². The van der Waals surface area contributed by atoms with Crippen LogP contribution < -0.4 is 5.32 Å². The van der Waals surface area contributed by atoms with Gasteiger partial charge in [-0.3, -0.25) is 9.69 Å². The SMILES string of the molecule is O=C(NCCCN1CCOCC1)C1(c2cccc(Cl)c2)CCCCC1. The van der Waals surface area contributed by atoms with Gasteiger partial charge < -0.3 is 10.1 Å². The molecule has 0 spiro atoms. The molecule has 1 saturated carbocycles. The number of carbonyl (C=O) groups excluding carboxylic acids is 1. The fraction of sp³-hybridized carbons (Fsp3) is 0.650. The van der Waals surface area contributed by atoms with Crippen molar-refractivity contribution in [3.8, 4) is 0 Å². The van der Waals surface area contributed by atoms with E-state index in [2.05, 4.69) is 16.3 Å². The molecule has 5 heteroatoms. The maximum atomic E-state index is 13.1. The van der Waals surface area contributed by atoms with Gasteiger partial charge in [-0.25, -0.2) is 0 Å². The van der Waals surface area contributed by atoms with Gasteiger partial charge in [-0.15, -0.1) is 0 Å². The monoisotopic (exact) mass is 364 g/mol. The van der Waals surface area contributed by atoms with E-state index in [9.17, 15) is 4.79 Å². The van der Waals surface area contributed by atoms with Crippen LogP contribution >= 0.6 is 11.6 Å². The Kier molecular flexibility index (Phi) is 6.74. The van der Waals surface area contributed by atoms with Crippen molar-refractivity contribution in [2.75, 3.05) is 39.4 Å². The number of nitrogens with one attached hydrogen (secondary N) is 1. The molecule has 2 aliphatic rings. The van der Waals surface area contributed by atoms with Gasteiger partial charge in [0.05, 0.1) is 18.6 Å². The summed E-state index contributed by atoms with van der Waals surface area (Å²) in [5.41, 5.74) is 0.674. The minimum Gasteiger partial charge on any atom is -0.379 e. The van der Waals surface area contributed by atoms with E-state index in [0.29, 0.717) is 5.02 Å². The van der Waals surface area contributed by atoms with E-state index >= 15 is 0 Å². The molecule has 3 rings (SSSR count). The highest BCUT2D eigenvalue weighted by molar-refractivity contribution is 6.30. The van der Waals surface area contributed by atoms with Crippen LogP contribution in [0.1, 0.15) is 44.1 Å². The molecular weight excluding hydrogens is 336 g/mol. The molecule has 1 heterocycles. The highest BCUT2D eigenvalue weighted by Crippen LogP contribution is 2.40. The summed E-state index contributed by atoms with van der Waals surface area (Å²) in [5, 5.41) is 3.92. The number of morpholine rings is 1. The molecule has 0 aromatic heterocycles. The van der Waals surface area contributed by atoms with Crippen LogP contribution in [-0.2, 0) is 14.9 Å². The number of ether oxygens (including phenoxy) is 1. The number of rotatable bonds is 6. The quantitative estimate of drug-likeness (QED) is 0.787. The first-order valence-corrected chi connectivity index (χ1v) is 9.93. The van der Waals surface area contributed by atoms with Gasteiger partial charge in [0, 0.05) is 24.7 Å². The normalized spacial score (nSPS) is 21.0. The molecule has 0 unspecified atom stereocenters. The van der Waals surface area contributed by atoms with Gasteiger partial charge in [-0.05, 0) is 43.5 Å². The molecule has 4 nitrogen and oxygen atoms in total. The molecule has 25 heavy (non-hydrogen) atoms. The predicted molar refractivity (Wildman–Crippen MR) is 101 cm³/mol. The number of hydrogen-bond acceptors (Lipinski definition) is 3. The predicted octanol–water partition coefficient (Wildman–Crippen LogP) is 3.38. The Hall–Kier alpha value is -1.10. The van der Waals surface area contributed by atoms with E-state index in [0.717, 1.165) is 77.1 Å². The standard InChI is InChI=1S/C20H29ClN2O2/c21-18-7-4-6-17(16-18)20(8-2-1-3-9-20)19(24)22-10-5-11-23-12-14-25-15-13-23/h4,6-7,16H,1-3,5,8-15H2,(H,22,24). The first kappa shape index (κ1) is 18.7. The lowest BCUT2D eigenvalue weighted by Crippen LogP contribution is -2.46. The van der Waals surface area contributed by atoms with Gasteiger partial charge in [0.1, 0.15) is 0 Å². The summed E-state index contributed by atoms with van der Waals surface area (Å²) in [4.78, 5) is 15.5. The van der Waals surface area contributed by atoms with Gasteiger partial charge in [-0.2, -0.15) is 0 Å². The maximum Gasteiger partial charge on any atom is 0.230 e. The number of nitrogens with zero attached hydrogens (tertiary/aromatic N) is 1. The lowest BCUT2D eigenvalue weighted by atomic mass is 9.68. The zero-order valence-corrected chi connectivity index (χ0v) is 15.7. The van der Waals surface area contributed by atoms with Gasteiger partial charge in [0.2, 0.25) is 5.91 Å². The number of carbonyl (C=O) groups is 1. The zero-order chi connectivity index (χ0) is 17.5. The molecule has 1 aromatic rings. The van der Waals surface area contributed by atoms with E-state index < -0.39 is 5.41 Å². The van der Waals surface area contributed by atoms with Crippen molar-refractivity contribution in [3.63, 3.8) is 0 Å². The van der Waals surface area contributed by atoms with Gasteiger partial charge >= 0.3 is 0 Å². The van der Waals surface area contributed by atoms with E-state index in [1.165, 1.54) is 6.42 Å². The Bertz CT molecular complexity index is 567. The molecule has 1 aliphatic heterocycles. The van der Waals surface area contributed by atoms with Crippen LogP contribution in [0.2, 0.25) is 5.02 Å². The molecular formula is C20H29ClN2O2. The van der Waals surface area contributed by atoms with Crippen LogP contribution in [0.4, 0.5) is 0 Å². The largest absolute Gasteiger partial charge is 0.379 e. The van der Waals surface area contributed by atoms with Crippen molar-refractivity contribution in [3.05, 3.63) is 34.9 Å². The van der Waals surface area contributed by atoms with Crippen LogP contribution in [0.15, 0.2) is 24.3 Å². The summed E-state index contributed by atoms with van der Waals surface area (Å²) >= 11 is 6.20. The van der Waals surface area contributed by atoms with Crippen LogP contribution in [0, 0.1) is 0 Å². The lowest BCUT2D eigenvalue weighted by Gasteiger charge is -2.36. The number of amides is 1. The first-order chi connectivity index (χ1) is 12.2. The van der Waals surface area contributed by atoms with E-state index in [-0.39, 0.29) is 5.91 Å². The molecule has 1 amide bonds. The Morgan fingerprint density at radius 3 is 2.68 bits per heavy atom. The summed E-state index contributed by atoms with van der Waals surface area (Å²) in [7, 11) is 0. The third-order valence-electron chi connectivity index (χ3n) is 5.56. The van der Waals surface area contributed by atoms with E-state index in [1.54, 1.807) is 0 Å². The number of halogens is 1. The Morgan fingerprint density at radius 1 is 1.20 bits per heavy atom. The second-order valence-corrected chi connectivity index (χ2v) is 7.65. The van der Waals surface area contributed by atoms with Gasteiger partial charge in [0.25, 0.3) is 0 Å². The van der Waals surface area contributed by atoms with Crippen molar-refractivity contribution in [1.82, 2.24) is 10.2 Å². The zero-order valence-electron chi connectivity index (χ0n) is 14.9. The smallest absolute Gasteiger partial charge is 0.230 e. The number of benzene rings is 1. The summed E-state index contributed by atoms with van der Waals surface area (Å²) in [6.45, 7) is 5.40. The summed E-state index contributed by atoms with van der Waals surface area (Å²) in [6, 6.07) is 7.87. The minimum atomic E-state index is -0.401. The first-order valence-electron chi connectivity index (χ1n) is 9.55.